The van der Waals surface area contributed by atoms with Gasteiger partial charge in [0.2, 0.25) is 5.91 Å². The third-order valence-corrected chi connectivity index (χ3v) is 11.8. The Balaban J connectivity index is 0.992. The van der Waals surface area contributed by atoms with Crippen LogP contribution in [0.15, 0.2) is 134 Å². The first-order chi connectivity index (χ1) is 28.7. The number of carboxylic acid groups (broad SMARTS) is 1. The smallest absolute Gasteiger partial charge is 0.326 e. The van der Waals surface area contributed by atoms with Crippen LogP contribution in [0, 0.1) is 0 Å². The second kappa shape index (κ2) is 18.0. The van der Waals surface area contributed by atoms with Crippen LogP contribution < -0.4 is 19.5 Å². The van der Waals surface area contributed by atoms with Crippen molar-refractivity contribution in [3.05, 3.63) is 177 Å². The molecule has 4 atom stereocenters. The van der Waals surface area contributed by atoms with Crippen LogP contribution in [0.4, 0.5) is 0 Å². The Labute approximate surface area is 353 Å². The number of fused-ring (bicyclic) bond motifs is 2. The van der Waals surface area contributed by atoms with Gasteiger partial charge in [-0.1, -0.05) is 103 Å². The first-order valence-corrected chi connectivity index (χ1v) is 20.4. The van der Waals surface area contributed by atoms with Gasteiger partial charge in [0.25, 0.3) is 0 Å². The Morgan fingerprint density at radius 3 is 2.27 bits per heavy atom. The predicted molar refractivity (Wildman–Crippen MR) is 228 cm³/mol. The molecule has 1 aromatic heterocycles. The Morgan fingerprint density at radius 2 is 1.56 bits per heavy atom. The lowest BCUT2D eigenvalue weighted by Crippen LogP contribution is -2.55. The van der Waals surface area contributed by atoms with E-state index in [0.717, 1.165) is 50.9 Å². The van der Waals surface area contributed by atoms with E-state index in [9.17, 15) is 14.7 Å². The zero-order valence-corrected chi connectivity index (χ0v) is 33.9. The van der Waals surface area contributed by atoms with Crippen molar-refractivity contribution in [1.29, 1.82) is 0 Å². The molecule has 0 bridgehead atoms. The third-order valence-electron chi connectivity index (χ3n) is 11.0. The minimum Gasteiger partial charge on any atom is -0.489 e. The molecule has 8 rings (SSSR count). The summed E-state index contributed by atoms with van der Waals surface area (Å²) in [5, 5.41) is 14.2. The lowest BCUT2D eigenvalue weighted by atomic mass is 9.89. The van der Waals surface area contributed by atoms with Gasteiger partial charge in [0.1, 0.15) is 25.0 Å². The second-order valence-electron chi connectivity index (χ2n) is 14.9. The van der Waals surface area contributed by atoms with Crippen molar-refractivity contribution in [3.8, 4) is 28.4 Å². The SMILES string of the molecule is CCC(c1ccccc1)N1Cc2cc3c(cc2CC1C(=O)NC(Cc1ccc(-c2ccncc2)cc1)C(=O)O)OCC(c1ccc(OCc2ccc(Cl)c(Cl)c2)cc1)O3. The fourth-order valence-corrected chi connectivity index (χ4v) is 8.22. The van der Waals surface area contributed by atoms with Gasteiger partial charge in [-0.3, -0.25) is 14.7 Å². The molecule has 6 aromatic rings. The molecule has 2 N–H and O–H groups in total. The van der Waals surface area contributed by atoms with Gasteiger partial charge >= 0.3 is 5.97 Å². The van der Waals surface area contributed by atoms with E-state index in [1.54, 1.807) is 24.5 Å². The van der Waals surface area contributed by atoms with Crippen LogP contribution in [-0.4, -0.2) is 45.6 Å². The Bertz CT molecular complexity index is 2420. The number of hydrogen-bond donors (Lipinski definition) is 2. The maximum Gasteiger partial charge on any atom is 0.326 e. The molecule has 2 aliphatic heterocycles. The Kier molecular flexibility index (Phi) is 12.2. The molecule has 0 saturated heterocycles. The van der Waals surface area contributed by atoms with Gasteiger partial charge < -0.3 is 24.6 Å². The number of nitrogens with one attached hydrogen (secondary N) is 1. The number of rotatable bonds is 13. The molecule has 3 heterocycles. The number of pyridine rings is 1. The first-order valence-electron chi connectivity index (χ1n) is 19.7. The predicted octanol–water partition coefficient (Wildman–Crippen LogP) is 9.84. The lowest BCUT2D eigenvalue weighted by Gasteiger charge is -2.42. The number of carbonyl (C=O) groups is 2. The number of aromatic nitrogens is 1. The molecular weight excluding hydrogens is 785 g/mol. The highest BCUT2D eigenvalue weighted by atomic mass is 35.5. The Hall–Kier alpha value is -5.87. The van der Waals surface area contributed by atoms with Gasteiger partial charge in [0.05, 0.1) is 16.1 Å². The summed E-state index contributed by atoms with van der Waals surface area (Å²) < 4.78 is 18.8. The summed E-state index contributed by atoms with van der Waals surface area (Å²) in [6.07, 6.45) is 4.40. The molecule has 300 valence electrons. The number of carbonyl (C=O) groups excluding carboxylic acids is 1. The fraction of sp³-hybridized carbons (Fsp3) is 0.229. The molecule has 0 radical (unpaired) electrons. The molecule has 0 aliphatic carbocycles. The average molecular weight is 829 g/mol. The summed E-state index contributed by atoms with van der Waals surface area (Å²) >= 11 is 12.2. The standard InChI is InChI=1S/C48H43Cl2N3O6/c1-2-42(34-6-4-3-5-7-34)53-27-37-26-45-44(58-29-46(59-45)35-13-15-38(16-14-35)57-28-31-10-17-39(49)40(50)22-31)25-36(37)24-43(53)47(54)52-41(48(55)56)23-30-8-11-32(12-9-30)33-18-20-51-21-19-33/h3-22,25-26,41-43,46H,2,23-24,27-29H2,1H3,(H,52,54)(H,55,56). The van der Waals surface area contributed by atoms with Crippen LogP contribution in [0.2, 0.25) is 10.0 Å². The molecule has 5 aromatic carbocycles. The van der Waals surface area contributed by atoms with Gasteiger partial charge in [-0.05, 0) is 106 Å². The summed E-state index contributed by atoms with van der Waals surface area (Å²) in [7, 11) is 0. The van der Waals surface area contributed by atoms with Crippen molar-refractivity contribution in [2.45, 2.75) is 63.6 Å². The van der Waals surface area contributed by atoms with Crippen LogP contribution in [0.1, 0.15) is 58.9 Å². The number of hydrogen-bond acceptors (Lipinski definition) is 7. The molecule has 0 fully saturated rings. The largest absolute Gasteiger partial charge is 0.489 e. The van der Waals surface area contributed by atoms with Crippen LogP contribution >= 0.6 is 23.2 Å². The molecule has 4 unspecified atom stereocenters. The van der Waals surface area contributed by atoms with Crippen LogP contribution in [0.5, 0.6) is 17.2 Å². The highest BCUT2D eigenvalue weighted by Crippen LogP contribution is 2.42. The van der Waals surface area contributed by atoms with E-state index in [1.807, 2.05) is 97.1 Å². The normalized spacial score (nSPS) is 17.0. The van der Waals surface area contributed by atoms with Crippen molar-refractivity contribution >= 4 is 35.1 Å². The highest BCUT2D eigenvalue weighted by molar-refractivity contribution is 6.42. The molecule has 9 nitrogen and oxygen atoms in total. The third kappa shape index (κ3) is 9.23. The topological polar surface area (TPSA) is 110 Å². The number of ether oxygens (including phenoxy) is 3. The quantitative estimate of drug-likeness (QED) is 0.119. The van der Waals surface area contributed by atoms with E-state index in [0.29, 0.717) is 53.5 Å². The lowest BCUT2D eigenvalue weighted by molar-refractivity contribution is -0.143. The summed E-state index contributed by atoms with van der Waals surface area (Å²) in [5.74, 6) is 0.539. The summed E-state index contributed by atoms with van der Waals surface area (Å²) in [6, 6.07) is 37.1. The highest BCUT2D eigenvalue weighted by Gasteiger charge is 2.38. The number of benzene rings is 5. The molecule has 2 aliphatic rings. The van der Waals surface area contributed by atoms with Gasteiger partial charge in [-0.15, -0.1) is 0 Å². The molecule has 59 heavy (non-hydrogen) atoms. The number of carboxylic acids is 1. The van der Waals surface area contributed by atoms with Crippen molar-refractivity contribution in [2.24, 2.45) is 0 Å². The van der Waals surface area contributed by atoms with E-state index in [1.165, 1.54) is 0 Å². The van der Waals surface area contributed by atoms with Gasteiger partial charge in [-0.25, -0.2) is 4.79 Å². The zero-order valence-electron chi connectivity index (χ0n) is 32.4. The van der Waals surface area contributed by atoms with Crippen molar-refractivity contribution in [3.63, 3.8) is 0 Å². The van der Waals surface area contributed by atoms with Gasteiger partial charge in [0, 0.05) is 31.4 Å². The first kappa shape index (κ1) is 39.9. The molecule has 0 saturated carbocycles. The fourth-order valence-electron chi connectivity index (χ4n) is 7.90. The van der Waals surface area contributed by atoms with Crippen molar-refractivity contribution in [2.75, 3.05) is 6.61 Å². The van der Waals surface area contributed by atoms with Crippen LogP contribution in [-0.2, 0) is 35.6 Å². The summed E-state index contributed by atoms with van der Waals surface area (Å²) in [4.78, 5) is 33.3. The number of amides is 1. The second-order valence-corrected chi connectivity index (χ2v) is 15.7. The molecular formula is C48H43Cl2N3O6. The molecule has 11 heteroatoms. The maximum absolute atomic E-state index is 14.4. The minimum absolute atomic E-state index is 0.0949. The average Bonchev–Trinajstić information content (AvgIpc) is 3.26. The van der Waals surface area contributed by atoms with E-state index >= 15 is 0 Å². The molecule has 1 amide bonds. The van der Waals surface area contributed by atoms with Gasteiger partial charge in [-0.2, -0.15) is 0 Å². The van der Waals surface area contributed by atoms with Gasteiger partial charge in [0.15, 0.2) is 17.6 Å². The van der Waals surface area contributed by atoms with Crippen molar-refractivity contribution in [1.82, 2.24) is 15.2 Å². The maximum atomic E-state index is 14.4. The Morgan fingerprint density at radius 1 is 0.847 bits per heavy atom. The zero-order chi connectivity index (χ0) is 40.9. The van der Waals surface area contributed by atoms with E-state index in [-0.39, 0.29) is 24.5 Å². The minimum atomic E-state index is -1.12. The van der Waals surface area contributed by atoms with Crippen LogP contribution in [0.3, 0.4) is 0 Å². The number of halogens is 2. The monoisotopic (exact) mass is 827 g/mol. The number of nitrogens with zero attached hydrogens (tertiary/aromatic N) is 2. The van der Waals surface area contributed by atoms with Crippen molar-refractivity contribution < 1.29 is 28.9 Å². The van der Waals surface area contributed by atoms with E-state index in [2.05, 4.69) is 34.3 Å². The molecule has 0 spiro atoms. The van der Waals surface area contributed by atoms with Crippen LogP contribution in [0.25, 0.3) is 11.1 Å². The van der Waals surface area contributed by atoms with E-state index in [4.69, 9.17) is 37.4 Å². The summed E-state index contributed by atoms with van der Waals surface area (Å²) in [5.41, 5.74) is 7.76. The van der Waals surface area contributed by atoms with E-state index < -0.39 is 18.1 Å². The summed E-state index contributed by atoms with van der Waals surface area (Å²) in [6.45, 7) is 3.22. The number of aliphatic carboxylic acids is 1.